The van der Waals surface area contributed by atoms with Gasteiger partial charge in [0.1, 0.15) is 11.8 Å². The van der Waals surface area contributed by atoms with Gasteiger partial charge >= 0.3 is 0 Å². The molecule has 7 nitrogen and oxygen atoms in total. The molecule has 0 saturated carbocycles. The molecule has 1 saturated heterocycles. The largest absolute Gasteiger partial charge is 0.369 e. The molecule has 1 aliphatic rings. The van der Waals surface area contributed by atoms with E-state index in [2.05, 4.69) is 21.8 Å². The predicted molar refractivity (Wildman–Crippen MR) is 111 cm³/mol. The molecule has 2 aromatic heterocycles. The molecule has 4 rings (SSSR count). The number of pyridine rings is 1. The monoisotopic (exact) mass is 387 g/mol. The van der Waals surface area contributed by atoms with Gasteiger partial charge < -0.3 is 14.9 Å². The molecular formula is C22H21N5O2. The van der Waals surface area contributed by atoms with Gasteiger partial charge in [0.05, 0.1) is 11.2 Å². The molecule has 1 unspecified atom stereocenters. The molecule has 0 aliphatic carbocycles. The molecule has 29 heavy (non-hydrogen) atoms. The second-order valence-electron chi connectivity index (χ2n) is 7.32. The Kier molecular flexibility index (Phi) is 4.65. The molecule has 0 bridgehead atoms. The third kappa shape index (κ3) is 3.50. The molecule has 0 spiro atoms. The van der Waals surface area contributed by atoms with Gasteiger partial charge in [0.25, 0.3) is 5.91 Å². The highest BCUT2D eigenvalue weighted by Gasteiger charge is 2.42. The number of benzene rings is 1. The fraction of sp³-hybridized carbons (Fsp3) is 0.273. The summed E-state index contributed by atoms with van der Waals surface area (Å²) in [5.74, 6) is 6.10. The van der Waals surface area contributed by atoms with Gasteiger partial charge in [-0.2, -0.15) is 0 Å². The number of carbonyl (C=O) groups excluding carboxylic acids is 1. The maximum atomic E-state index is 12.1. The Hall–Kier alpha value is -3.50. The van der Waals surface area contributed by atoms with Crippen LogP contribution < -0.4 is 4.90 Å². The minimum Gasteiger partial charge on any atom is -0.369 e. The number of amides is 1. The van der Waals surface area contributed by atoms with Crippen molar-refractivity contribution in [3.8, 4) is 23.1 Å². The smallest absolute Gasteiger partial charge is 0.267 e. The second kappa shape index (κ2) is 7.15. The number of hydrogen-bond acceptors (Lipinski definition) is 6. The molecule has 3 aromatic rings. The van der Waals surface area contributed by atoms with Gasteiger partial charge in [-0.05, 0) is 24.3 Å². The van der Waals surface area contributed by atoms with E-state index in [0.29, 0.717) is 18.5 Å². The topological polar surface area (TPSA) is 82.4 Å². The van der Waals surface area contributed by atoms with E-state index in [1.165, 1.54) is 11.2 Å². The number of aromatic nitrogens is 3. The maximum Gasteiger partial charge on any atom is 0.267 e. The highest BCUT2D eigenvalue weighted by Crippen LogP contribution is 2.25. The van der Waals surface area contributed by atoms with E-state index in [-0.39, 0.29) is 5.91 Å². The van der Waals surface area contributed by atoms with E-state index < -0.39 is 5.60 Å². The summed E-state index contributed by atoms with van der Waals surface area (Å²) in [6, 6.07) is 11.4. The Morgan fingerprint density at radius 1 is 1.21 bits per heavy atom. The lowest BCUT2D eigenvalue weighted by atomic mass is 10.0. The Bertz CT molecular complexity index is 1160. The maximum absolute atomic E-state index is 12.1. The predicted octanol–water partition coefficient (Wildman–Crippen LogP) is 1.70. The van der Waals surface area contributed by atoms with Crippen molar-refractivity contribution in [2.24, 2.45) is 0 Å². The number of rotatable bonds is 2. The molecule has 1 aromatic carbocycles. The van der Waals surface area contributed by atoms with Crippen LogP contribution in [0.15, 0.2) is 42.7 Å². The summed E-state index contributed by atoms with van der Waals surface area (Å²) in [4.78, 5) is 28.9. The van der Waals surface area contributed by atoms with Crippen LogP contribution in [-0.2, 0) is 4.79 Å². The van der Waals surface area contributed by atoms with E-state index in [4.69, 9.17) is 4.98 Å². The van der Waals surface area contributed by atoms with Gasteiger partial charge in [-0.25, -0.2) is 15.0 Å². The third-order valence-corrected chi connectivity index (χ3v) is 4.97. The minimum atomic E-state index is -1.61. The van der Waals surface area contributed by atoms with Crippen LogP contribution in [0.2, 0.25) is 0 Å². The lowest BCUT2D eigenvalue weighted by Crippen LogP contribution is -2.37. The molecular weight excluding hydrogens is 366 g/mol. The van der Waals surface area contributed by atoms with Gasteiger partial charge in [0, 0.05) is 45.2 Å². The summed E-state index contributed by atoms with van der Waals surface area (Å²) in [5.41, 5.74) is 2.25. The first-order chi connectivity index (χ1) is 13.9. The first kappa shape index (κ1) is 18.8. The van der Waals surface area contributed by atoms with Crippen molar-refractivity contribution >= 4 is 22.8 Å². The lowest BCUT2D eigenvalue weighted by Gasteiger charge is -2.13. The first-order valence-corrected chi connectivity index (χ1v) is 9.28. The standard InChI is InChI=1S/C22H21N5O2/c1-26(2)20-19-18(23-14-24-20)8-7-17(25-19)16-6-4-5-15(13-16)9-10-22(29)11-12-27(3)21(22)28/h4-8,13-14,29H,11-12H2,1-3H3. The first-order valence-electron chi connectivity index (χ1n) is 9.28. The van der Waals surface area contributed by atoms with E-state index in [1.807, 2.05) is 55.4 Å². The van der Waals surface area contributed by atoms with Crippen molar-refractivity contribution in [1.82, 2.24) is 19.9 Å². The van der Waals surface area contributed by atoms with Crippen molar-refractivity contribution in [2.45, 2.75) is 12.0 Å². The molecule has 1 aliphatic heterocycles. The number of hydrogen-bond donors (Lipinski definition) is 1. The van der Waals surface area contributed by atoms with Gasteiger partial charge in [-0.3, -0.25) is 4.79 Å². The van der Waals surface area contributed by atoms with Crippen LogP contribution in [-0.4, -0.2) is 64.2 Å². The number of likely N-dealkylation sites (N-methyl/N-ethyl adjacent to an activating group) is 1. The Morgan fingerprint density at radius 3 is 2.76 bits per heavy atom. The van der Waals surface area contributed by atoms with Crippen LogP contribution in [0, 0.1) is 11.8 Å². The average molecular weight is 387 g/mol. The van der Waals surface area contributed by atoms with Crippen LogP contribution in [0.1, 0.15) is 12.0 Å². The van der Waals surface area contributed by atoms with E-state index >= 15 is 0 Å². The molecule has 1 atom stereocenters. The molecule has 0 radical (unpaired) electrons. The zero-order valence-corrected chi connectivity index (χ0v) is 16.5. The number of fused-ring (bicyclic) bond motifs is 1. The molecule has 1 N–H and O–H groups in total. The zero-order chi connectivity index (χ0) is 20.6. The van der Waals surface area contributed by atoms with Crippen LogP contribution in [0.25, 0.3) is 22.3 Å². The average Bonchev–Trinajstić information content (AvgIpc) is 2.99. The number of likely N-dealkylation sites (tertiary alicyclic amines) is 1. The summed E-state index contributed by atoms with van der Waals surface area (Å²) >= 11 is 0. The van der Waals surface area contributed by atoms with Crippen LogP contribution in [0.3, 0.4) is 0 Å². The van der Waals surface area contributed by atoms with Crippen LogP contribution in [0.4, 0.5) is 5.82 Å². The van der Waals surface area contributed by atoms with Crippen molar-refractivity contribution in [1.29, 1.82) is 0 Å². The summed E-state index contributed by atoms with van der Waals surface area (Å²) in [6.07, 6.45) is 1.84. The van der Waals surface area contributed by atoms with E-state index in [9.17, 15) is 9.90 Å². The summed E-state index contributed by atoms with van der Waals surface area (Å²) in [5, 5.41) is 10.5. The van der Waals surface area contributed by atoms with Gasteiger partial charge in [-0.1, -0.05) is 24.0 Å². The van der Waals surface area contributed by atoms with E-state index in [1.54, 1.807) is 7.05 Å². The summed E-state index contributed by atoms with van der Waals surface area (Å²) < 4.78 is 0. The van der Waals surface area contributed by atoms with E-state index in [0.717, 1.165) is 28.1 Å². The number of anilines is 1. The van der Waals surface area contributed by atoms with Crippen molar-refractivity contribution in [3.63, 3.8) is 0 Å². The Balaban J connectivity index is 1.71. The molecule has 1 amide bonds. The second-order valence-corrected chi connectivity index (χ2v) is 7.32. The van der Waals surface area contributed by atoms with Crippen LogP contribution >= 0.6 is 0 Å². The summed E-state index contributed by atoms with van der Waals surface area (Å²) in [7, 11) is 5.50. The van der Waals surface area contributed by atoms with Crippen molar-refractivity contribution in [2.75, 3.05) is 32.6 Å². The highest BCUT2D eigenvalue weighted by molar-refractivity contribution is 5.90. The summed E-state index contributed by atoms with van der Waals surface area (Å²) in [6.45, 7) is 0.501. The molecule has 3 heterocycles. The fourth-order valence-corrected chi connectivity index (χ4v) is 3.32. The Morgan fingerprint density at radius 2 is 2.03 bits per heavy atom. The fourth-order valence-electron chi connectivity index (χ4n) is 3.32. The van der Waals surface area contributed by atoms with Crippen LogP contribution in [0.5, 0.6) is 0 Å². The molecule has 7 heteroatoms. The van der Waals surface area contributed by atoms with Crippen molar-refractivity contribution < 1.29 is 9.90 Å². The van der Waals surface area contributed by atoms with Gasteiger partial charge in [0.15, 0.2) is 5.82 Å². The molecule has 146 valence electrons. The number of aliphatic hydroxyl groups is 1. The third-order valence-electron chi connectivity index (χ3n) is 4.97. The zero-order valence-electron chi connectivity index (χ0n) is 16.5. The minimum absolute atomic E-state index is 0.314. The Labute approximate surface area is 169 Å². The highest BCUT2D eigenvalue weighted by atomic mass is 16.3. The van der Waals surface area contributed by atoms with Gasteiger partial charge in [-0.15, -0.1) is 0 Å². The van der Waals surface area contributed by atoms with Crippen molar-refractivity contribution in [3.05, 3.63) is 48.3 Å². The molecule has 1 fully saturated rings. The normalized spacial score (nSPS) is 18.6. The quantitative estimate of drug-likeness (QED) is 0.674. The number of nitrogens with zero attached hydrogens (tertiary/aromatic N) is 5. The number of carbonyl (C=O) groups is 1. The SMILES string of the molecule is CN1CCC(O)(C#Cc2cccc(-c3ccc4ncnc(N(C)C)c4n3)c2)C1=O. The lowest BCUT2D eigenvalue weighted by molar-refractivity contribution is -0.137. The van der Waals surface area contributed by atoms with Gasteiger partial charge in [0.2, 0.25) is 5.60 Å².